The minimum Gasteiger partial charge on any atom is -0.207 e. The van der Waals surface area contributed by atoms with E-state index in [1.807, 2.05) is 0 Å². The van der Waals surface area contributed by atoms with Gasteiger partial charge in [-0.05, 0) is 41.5 Å². The molecule has 0 heterocycles. The Bertz CT molecular complexity index is 1330. The van der Waals surface area contributed by atoms with E-state index in [9.17, 15) is 21.2 Å². The van der Waals surface area contributed by atoms with Gasteiger partial charge in [0.05, 0.1) is 4.90 Å². The minimum absolute atomic E-state index is 0.0287. The lowest BCUT2D eigenvalue weighted by Gasteiger charge is -2.23. The summed E-state index contributed by atoms with van der Waals surface area (Å²) in [6, 6.07) is 17.9. The van der Waals surface area contributed by atoms with Crippen LogP contribution in [0.5, 0.6) is 0 Å². The highest BCUT2D eigenvalue weighted by Crippen LogP contribution is 2.26. The molecule has 10 heteroatoms. The van der Waals surface area contributed by atoms with Crippen LogP contribution in [0, 0.1) is 5.82 Å². The molecule has 0 unspecified atom stereocenters. The summed E-state index contributed by atoms with van der Waals surface area (Å²) in [4.78, 5) is -0.440. The largest absolute Gasteiger partial charge is 0.246 e. The number of hydrogen-bond donors (Lipinski definition) is 0. The topological polar surface area (TPSA) is 74.8 Å². The SMILES string of the molecule is CN(C)S(=O)(=O)c1cccc(CN(Cc2ccccc2Cl)S(=O)(=O)c2ccccc2F)c1. The third-order valence-corrected chi connectivity index (χ3v) is 8.80. The zero-order valence-electron chi connectivity index (χ0n) is 17.4. The molecule has 0 aliphatic carbocycles. The van der Waals surface area contributed by atoms with E-state index in [4.69, 9.17) is 11.6 Å². The van der Waals surface area contributed by atoms with E-state index < -0.39 is 30.8 Å². The van der Waals surface area contributed by atoms with Crippen molar-refractivity contribution >= 4 is 31.6 Å². The molecule has 170 valence electrons. The zero-order valence-corrected chi connectivity index (χ0v) is 19.8. The highest BCUT2D eigenvalue weighted by Gasteiger charge is 2.28. The molecule has 3 rings (SSSR count). The Morgan fingerprint density at radius 1 is 0.812 bits per heavy atom. The summed E-state index contributed by atoms with van der Waals surface area (Å²) in [6.07, 6.45) is 0. The number of nitrogens with zero attached hydrogens (tertiary/aromatic N) is 2. The first kappa shape index (κ1) is 24.3. The van der Waals surface area contributed by atoms with Crippen molar-refractivity contribution in [2.75, 3.05) is 14.1 Å². The number of rotatable bonds is 8. The molecule has 0 saturated heterocycles. The monoisotopic (exact) mass is 496 g/mol. The van der Waals surface area contributed by atoms with Crippen LogP contribution in [0.15, 0.2) is 82.6 Å². The first-order valence-electron chi connectivity index (χ1n) is 9.53. The molecule has 0 aromatic heterocycles. The van der Waals surface area contributed by atoms with Gasteiger partial charge in [0.15, 0.2) is 0 Å². The third kappa shape index (κ3) is 5.19. The fraction of sp³-hybridized carbons (Fsp3) is 0.182. The van der Waals surface area contributed by atoms with Crippen molar-refractivity contribution in [2.45, 2.75) is 22.9 Å². The van der Waals surface area contributed by atoms with Gasteiger partial charge in [-0.15, -0.1) is 0 Å². The van der Waals surface area contributed by atoms with E-state index in [2.05, 4.69) is 0 Å². The molecule has 0 fully saturated rings. The van der Waals surface area contributed by atoms with Crippen molar-refractivity contribution in [2.24, 2.45) is 0 Å². The van der Waals surface area contributed by atoms with Crippen molar-refractivity contribution in [3.05, 3.63) is 94.8 Å². The molecule has 0 aliphatic heterocycles. The van der Waals surface area contributed by atoms with E-state index >= 15 is 0 Å². The van der Waals surface area contributed by atoms with Crippen LogP contribution in [0.3, 0.4) is 0 Å². The van der Waals surface area contributed by atoms with Crippen LogP contribution in [0.1, 0.15) is 11.1 Å². The lowest BCUT2D eigenvalue weighted by molar-refractivity contribution is 0.397. The molecule has 0 amide bonds. The first-order valence-corrected chi connectivity index (χ1v) is 12.8. The Labute approximate surface area is 193 Å². The molecule has 0 atom stereocenters. The van der Waals surface area contributed by atoms with Gasteiger partial charge in [0.2, 0.25) is 20.0 Å². The van der Waals surface area contributed by atoms with E-state index in [1.165, 1.54) is 50.5 Å². The van der Waals surface area contributed by atoms with E-state index in [1.54, 1.807) is 30.3 Å². The molecule has 0 bridgehead atoms. The fourth-order valence-electron chi connectivity index (χ4n) is 3.05. The van der Waals surface area contributed by atoms with Crippen molar-refractivity contribution in [1.29, 1.82) is 0 Å². The van der Waals surface area contributed by atoms with E-state index in [0.29, 0.717) is 16.1 Å². The van der Waals surface area contributed by atoms with Crippen molar-refractivity contribution in [3.63, 3.8) is 0 Å². The van der Waals surface area contributed by atoms with Crippen molar-refractivity contribution in [3.8, 4) is 0 Å². The van der Waals surface area contributed by atoms with E-state index in [0.717, 1.165) is 14.7 Å². The molecule has 3 aromatic carbocycles. The average molecular weight is 497 g/mol. The van der Waals surface area contributed by atoms with Gasteiger partial charge in [-0.3, -0.25) is 0 Å². The van der Waals surface area contributed by atoms with Gasteiger partial charge in [0, 0.05) is 32.2 Å². The molecule has 0 radical (unpaired) electrons. The maximum atomic E-state index is 14.4. The number of hydrogen-bond acceptors (Lipinski definition) is 4. The molecular formula is C22H22ClFN2O4S2. The van der Waals surface area contributed by atoms with E-state index in [-0.39, 0.29) is 18.0 Å². The number of sulfonamides is 2. The van der Waals surface area contributed by atoms with Crippen LogP contribution < -0.4 is 0 Å². The van der Waals surface area contributed by atoms with Gasteiger partial charge in [0.25, 0.3) is 0 Å². The molecule has 0 aliphatic rings. The van der Waals surface area contributed by atoms with Gasteiger partial charge < -0.3 is 0 Å². The summed E-state index contributed by atoms with van der Waals surface area (Å²) in [5.41, 5.74) is 0.964. The Hall–Kier alpha value is -2.30. The highest BCUT2D eigenvalue weighted by atomic mass is 35.5. The molecule has 0 N–H and O–H groups in total. The molecular weight excluding hydrogens is 475 g/mol. The van der Waals surface area contributed by atoms with Crippen molar-refractivity contribution in [1.82, 2.24) is 8.61 Å². The summed E-state index contributed by atoms with van der Waals surface area (Å²) >= 11 is 6.24. The van der Waals surface area contributed by atoms with Crippen LogP contribution in [-0.2, 0) is 33.1 Å². The van der Waals surface area contributed by atoms with Crippen LogP contribution >= 0.6 is 11.6 Å². The second kappa shape index (κ2) is 9.68. The summed E-state index contributed by atoms with van der Waals surface area (Å²) in [5, 5.41) is 0.366. The quantitative estimate of drug-likeness (QED) is 0.470. The predicted molar refractivity (Wildman–Crippen MR) is 122 cm³/mol. The molecule has 3 aromatic rings. The minimum atomic E-state index is -4.27. The third-order valence-electron chi connectivity index (χ3n) is 4.79. The maximum Gasteiger partial charge on any atom is 0.246 e. The smallest absolute Gasteiger partial charge is 0.207 e. The first-order chi connectivity index (χ1) is 15.0. The standard InChI is InChI=1S/C22H22ClFN2O4S2/c1-25(2)31(27,28)19-10-7-8-17(14-19)15-26(16-18-9-3-4-11-20(18)23)32(29,30)22-13-6-5-12-21(22)24/h3-14H,15-16H2,1-2H3. The fourth-order valence-corrected chi connectivity index (χ4v) is 5.69. The van der Waals surface area contributed by atoms with Gasteiger partial charge in [-0.2, -0.15) is 4.31 Å². The van der Waals surface area contributed by atoms with Crippen molar-refractivity contribution < 1.29 is 21.2 Å². The van der Waals surface area contributed by atoms with Gasteiger partial charge in [0.1, 0.15) is 10.7 Å². The normalized spacial score (nSPS) is 12.4. The Balaban J connectivity index is 2.06. The van der Waals surface area contributed by atoms with Crippen LogP contribution in [0.2, 0.25) is 5.02 Å². The maximum absolute atomic E-state index is 14.4. The molecule has 0 saturated carbocycles. The lowest BCUT2D eigenvalue weighted by Crippen LogP contribution is -2.31. The number of benzene rings is 3. The Kier molecular flexibility index (Phi) is 7.36. The summed E-state index contributed by atoms with van der Waals surface area (Å²) in [6.45, 7) is -0.306. The second-order valence-electron chi connectivity index (χ2n) is 7.23. The summed E-state index contributed by atoms with van der Waals surface area (Å²) in [7, 11) is -5.16. The predicted octanol–water partition coefficient (Wildman–Crippen LogP) is 4.12. The van der Waals surface area contributed by atoms with Gasteiger partial charge >= 0.3 is 0 Å². The van der Waals surface area contributed by atoms with Gasteiger partial charge in [-0.25, -0.2) is 25.5 Å². The van der Waals surface area contributed by atoms with Crippen LogP contribution in [-0.4, -0.2) is 39.5 Å². The Morgan fingerprint density at radius 3 is 2.12 bits per heavy atom. The zero-order chi connectivity index (χ0) is 23.5. The Morgan fingerprint density at radius 2 is 1.47 bits per heavy atom. The molecule has 0 spiro atoms. The molecule has 6 nitrogen and oxygen atoms in total. The number of halogens is 2. The van der Waals surface area contributed by atoms with Crippen LogP contribution in [0.25, 0.3) is 0 Å². The summed E-state index contributed by atoms with van der Waals surface area (Å²) in [5.74, 6) is -0.874. The lowest BCUT2D eigenvalue weighted by atomic mass is 10.2. The average Bonchev–Trinajstić information content (AvgIpc) is 2.75. The van der Waals surface area contributed by atoms with Crippen LogP contribution in [0.4, 0.5) is 4.39 Å². The second-order valence-corrected chi connectivity index (χ2v) is 11.7. The summed E-state index contributed by atoms with van der Waals surface area (Å²) < 4.78 is 68.3. The molecule has 32 heavy (non-hydrogen) atoms. The highest BCUT2D eigenvalue weighted by molar-refractivity contribution is 7.89. The van der Waals surface area contributed by atoms with Gasteiger partial charge in [-0.1, -0.05) is 54.1 Å².